The fourth-order valence-electron chi connectivity index (χ4n) is 3.14. The summed E-state index contributed by atoms with van der Waals surface area (Å²) in [6.45, 7) is 0. The fraction of sp³-hybridized carbons (Fsp3) is 0.444. The van der Waals surface area contributed by atoms with Crippen molar-refractivity contribution in [1.82, 2.24) is 10.2 Å². The number of alkyl halides is 9. The Labute approximate surface area is 196 Å². The van der Waals surface area contributed by atoms with Gasteiger partial charge in [-0.25, -0.2) is 4.79 Å². The third-order valence-electron chi connectivity index (χ3n) is 4.68. The molecule has 0 saturated heterocycles. The number of amides is 1. The van der Waals surface area contributed by atoms with Gasteiger partial charge in [-0.1, -0.05) is 11.6 Å². The third kappa shape index (κ3) is 5.86. The maximum atomic E-state index is 13.5. The molecule has 0 spiro atoms. The summed E-state index contributed by atoms with van der Waals surface area (Å²) in [6.07, 6.45) is -20.4. The Kier molecular flexibility index (Phi) is 7.81. The lowest BCUT2D eigenvalue weighted by atomic mass is 10.1. The smallest absolute Gasteiger partial charge is 0.431 e. The van der Waals surface area contributed by atoms with Crippen LogP contribution in [0.15, 0.2) is 23.9 Å². The van der Waals surface area contributed by atoms with Crippen LogP contribution in [0.4, 0.5) is 45.2 Å². The molecule has 2 atom stereocenters. The van der Waals surface area contributed by atoms with Crippen LogP contribution in [0.25, 0.3) is 0 Å². The van der Waals surface area contributed by atoms with Crippen molar-refractivity contribution in [2.24, 2.45) is 0 Å². The highest BCUT2D eigenvalue weighted by Gasteiger charge is 2.48. The summed E-state index contributed by atoms with van der Waals surface area (Å²) in [5.74, 6) is -2.87. The monoisotopic (exact) mass is 543 g/mol. The van der Waals surface area contributed by atoms with Crippen molar-refractivity contribution < 1.29 is 58.6 Å². The van der Waals surface area contributed by atoms with Crippen molar-refractivity contribution in [3.8, 4) is 0 Å². The predicted octanol–water partition coefficient (Wildman–Crippen LogP) is 4.12. The molecule has 0 aromatic heterocycles. The van der Waals surface area contributed by atoms with Crippen molar-refractivity contribution >= 4 is 29.2 Å². The van der Waals surface area contributed by atoms with Crippen LogP contribution in [-0.2, 0) is 31.4 Å². The van der Waals surface area contributed by atoms with Gasteiger partial charge < -0.3 is 19.7 Å². The molecule has 1 aromatic rings. The molecule has 2 rings (SSSR count). The number of allylic oxidation sites excluding steroid dienone is 1. The molecule has 196 valence electrons. The van der Waals surface area contributed by atoms with Gasteiger partial charge in [0.15, 0.2) is 6.29 Å². The van der Waals surface area contributed by atoms with Gasteiger partial charge in [-0.2, -0.15) is 39.5 Å². The van der Waals surface area contributed by atoms with Gasteiger partial charge in [-0.05, 0) is 12.1 Å². The zero-order valence-corrected chi connectivity index (χ0v) is 18.4. The van der Waals surface area contributed by atoms with E-state index in [4.69, 9.17) is 16.3 Å². The van der Waals surface area contributed by atoms with E-state index in [0.29, 0.717) is 7.05 Å². The number of nitrogens with zero attached hydrogens (tertiary/aromatic N) is 2. The number of esters is 1. The largest absolute Gasteiger partial charge is 0.466 e. The number of ether oxygens (including phenoxy) is 2. The number of halogens is 10. The molecular weight excluding hydrogens is 529 g/mol. The average molecular weight is 544 g/mol. The number of nitrogens with one attached hydrogen (secondary N) is 1. The first-order chi connectivity index (χ1) is 15.8. The zero-order valence-electron chi connectivity index (χ0n) is 17.7. The third-order valence-corrected chi connectivity index (χ3v) is 5.08. The van der Waals surface area contributed by atoms with E-state index in [-0.39, 0.29) is 28.0 Å². The molecule has 1 heterocycles. The molecule has 1 N–H and O–H groups in total. The lowest BCUT2D eigenvalue weighted by molar-refractivity contribution is -0.154. The van der Waals surface area contributed by atoms with E-state index in [2.05, 4.69) is 4.74 Å². The maximum absolute atomic E-state index is 13.5. The molecule has 1 aliphatic heterocycles. The SMILES string of the molecule is COC(=O)C(OC)N(c1cc(C(F)(F)F)cc(C(F)(F)F)c1Cl)C1NC(=O)C=C(C(F)(F)F)N1C. The molecule has 0 aliphatic carbocycles. The van der Waals surface area contributed by atoms with Gasteiger partial charge in [0.05, 0.1) is 28.9 Å². The average Bonchev–Trinajstić information content (AvgIpc) is 2.71. The minimum absolute atomic E-state index is 0.0676. The van der Waals surface area contributed by atoms with Crippen LogP contribution in [0.2, 0.25) is 5.02 Å². The van der Waals surface area contributed by atoms with E-state index >= 15 is 0 Å². The molecule has 1 aliphatic rings. The highest BCUT2D eigenvalue weighted by atomic mass is 35.5. The number of rotatable bonds is 5. The molecule has 35 heavy (non-hydrogen) atoms. The second-order valence-corrected chi connectivity index (χ2v) is 7.27. The number of methoxy groups -OCH3 is 2. The Bertz CT molecular complexity index is 1020. The Hall–Kier alpha value is -2.88. The molecule has 0 bridgehead atoms. The van der Waals surface area contributed by atoms with Crippen molar-refractivity contribution in [3.05, 3.63) is 40.1 Å². The molecule has 1 amide bonds. The van der Waals surface area contributed by atoms with Crippen molar-refractivity contribution in [1.29, 1.82) is 0 Å². The summed E-state index contributed by atoms with van der Waals surface area (Å²) in [5, 5.41) is 0.517. The first kappa shape index (κ1) is 28.4. The van der Waals surface area contributed by atoms with Crippen molar-refractivity contribution in [2.75, 3.05) is 26.2 Å². The highest BCUT2D eigenvalue weighted by molar-refractivity contribution is 6.34. The van der Waals surface area contributed by atoms with Crippen LogP contribution in [0.3, 0.4) is 0 Å². The molecule has 1 aromatic carbocycles. The normalized spacial score (nSPS) is 18.1. The second-order valence-electron chi connectivity index (χ2n) is 6.89. The lowest BCUT2D eigenvalue weighted by Gasteiger charge is -2.45. The van der Waals surface area contributed by atoms with Crippen molar-refractivity contribution in [2.45, 2.75) is 31.0 Å². The minimum Gasteiger partial charge on any atom is -0.466 e. The quantitative estimate of drug-likeness (QED) is 0.342. The van der Waals surface area contributed by atoms with Crippen LogP contribution in [0.5, 0.6) is 0 Å². The van der Waals surface area contributed by atoms with Gasteiger partial charge in [0.25, 0.3) is 0 Å². The van der Waals surface area contributed by atoms with Gasteiger partial charge >= 0.3 is 24.5 Å². The highest BCUT2D eigenvalue weighted by Crippen LogP contribution is 2.45. The van der Waals surface area contributed by atoms with Crippen LogP contribution in [0.1, 0.15) is 11.1 Å². The standard InChI is InChI=1S/C18H15ClF9N3O4/c1-30-10(18(26,27)28)6-11(32)29-15(30)31(13(34-2)14(33)35-3)9-5-7(16(20,21)22)4-8(12(9)19)17(23,24)25/h4-6,13,15H,1-3H3,(H,29,32). The number of carbonyl (C=O) groups is 2. The van der Waals surface area contributed by atoms with E-state index in [1.54, 1.807) is 0 Å². The molecule has 0 fully saturated rings. The van der Waals surface area contributed by atoms with Crippen LogP contribution < -0.4 is 10.2 Å². The van der Waals surface area contributed by atoms with Gasteiger partial charge in [-0.15, -0.1) is 0 Å². The number of hydrogen-bond donors (Lipinski definition) is 1. The van der Waals surface area contributed by atoms with Crippen LogP contribution in [0, 0.1) is 0 Å². The topological polar surface area (TPSA) is 71.1 Å². The summed E-state index contributed by atoms with van der Waals surface area (Å²) < 4.78 is 131. The molecule has 0 radical (unpaired) electrons. The predicted molar refractivity (Wildman–Crippen MR) is 101 cm³/mol. The summed E-state index contributed by atoms with van der Waals surface area (Å²) in [5.41, 5.74) is -6.77. The Balaban J connectivity index is 2.92. The number of benzene rings is 1. The number of carbonyl (C=O) groups excluding carboxylic acids is 2. The van der Waals surface area contributed by atoms with Gasteiger partial charge in [0.1, 0.15) is 5.70 Å². The molecule has 0 saturated carbocycles. The second kappa shape index (κ2) is 9.64. The number of hydrogen-bond acceptors (Lipinski definition) is 6. The summed E-state index contributed by atoms with van der Waals surface area (Å²) in [4.78, 5) is 24.8. The first-order valence-electron chi connectivity index (χ1n) is 9.03. The minimum atomic E-state index is -5.45. The Morgan fingerprint density at radius 2 is 1.63 bits per heavy atom. The van der Waals surface area contributed by atoms with Crippen LogP contribution in [-0.4, -0.2) is 56.7 Å². The Morgan fingerprint density at radius 1 is 1.06 bits per heavy atom. The fourth-order valence-corrected chi connectivity index (χ4v) is 3.45. The maximum Gasteiger partial charge on any atom is 0.431 e. The summed E-state index contributed by atoms with van der Waals surface area (Å²) >= 11 is 5.78. The Morgan fingerprint density at radius 3 is 2.06 bits per heavy atom. The van der Waals surface area contributed by atoms with E-state index < -0.39 is 70.5 Å². The van der Waals surface area contributed by atoms with E-state index in [1.165, 1.54) is 0 Å². The lowest BCUT2D eigenvalue weighted by Crippen LogP contribution is -2.65. The van der Waals surface area contributed by atoms with Gasteiger partial charge in [0, 0.05) is 20.2 Å². The van der Waals surface area contributed by atoms with Crippen molar-refractivity contribution in [3.63, 3.8) is 0 Å². The van der Waals surface area contributed by atoms with Gasteiger partial charge in [0.2, 0.25) is 12.1 Å². The van der Waals surface area contributed by atoms with Gasteiger partial charge in [-0.3, -0.25) is 9.69 Å². The zero-order chi connectivity index (χ0) is 27.1. The number of anilines is 1. The summed E-state index contributed by atoms with van der Waals surface area (Å²) in [6, 6.07) is -0.244. The summed E-state index contributed by atoms with van der Waals surface area (Å²) in [7, 11) is 2.25. The van der Waals surface area contributed by atoms with E-state index in [1.807, 2.05) is 5.32 Å². The molecule has 7 nitrogen and oxygen atoms in total. The van der Waals surface area contributed by atoms with E-state index in [9.17, 15) is 49.1 Å². The van der Waals surface area contributed by atoms with E-state index in [0.717, 1.165) is 14.2 Å². The first-order valence-corrected chi connectivity index (χ1v) is 9.41. The van der Waals surface area contributed by atoms with Crippen LogP contribution >= 0.6 is 11.6 Å². The molecular formula is C18H15ClF9N3O4. The molecule has 2 unspecified atom stereocenters. The molecule has 17 heteroatoms.